The molecule has 0 fully saturated rings. The summed E-state index contributed by atoms with van der Waals surface area (Å²) in [6.45, 7) is 2.05. The van der Waals surface area contributed by atoms with Crippen LogP contribution in [-0.2, 0) is 31.3 Å². The monoisotopic (exact) mass is 275 g/mol. The van der Waals surface area contributed by atoms with Gasteiger partial charge in [-0.15, -0.1) is 0 Å². The summed E-state index contributed by atoms with van der Waals surface area (Å²) in [6.07, 6.45) is -3.19. The Morgan fingerprint density at radius 3 is 0.938 bits per heavy atom. The average Bonchev–Trinajstić information content (AvgIpc) is 1.88. The second-order valence-corrected chi connectivity index (χ2v) is 1.92. The predicted molar refractivity (Wildman–Crippen MR) is 37.8 cm³/mol. The molecule has 16 heavy (non-hydrogen) atoms. The van der Waals surface area contributed by atoms with Crippen LogP contribution in [0, 0.1) is 0 Å². The van der Waals surface area contributed by atoms with E-state index >= 15 is 0 Å². The van der Waals surface area contributed by atoms with Crippen LogP contribution in [0.2, 0.25) is 0 Å². The smallest absolute Gasteiger partial charge is 0.0276 e. The van der Waals surface area contributed by atoms with Crippen LogP contribution in [0.15, 0.2) is 0 Å². The molecule has 2 unspecified atom stereocenters. The van der Waals surface area contributed by atoms with E-state index < -0.39 is 24.1 Å². The fraction of sp³-hybridized carbons (Fsp3) is 0.667. The van der Waals surface area contributed by atoms with Crippen molar-refractivity contribution < 1.29 is 62.7 Å². The zero-order chi connectivity index (χ0) is 10.3. The predicted octanol–water partition coefficient (Wildman–Crippen LogP) is -5.22. The molecular formula is C6H13NO8Ti-6. The van der Waals surface area contributed by atoms with Crippen molar-refractivity contribution >= 4 is 11.9 Å². The first-order chi connectivity index (χ1) is 5.29. The minimum Gasteiger partial charge on any atom is -0.870 e. The van der Waals surface area contributed by atoms with Gasteiger partial charge >= 0.3 is 0 Å². The first-order valence-electron chi connectivity index (χ1n) is 3.02. The summed E-state index contributed by atoms with van der Waals surface area (Å²) in [5.74, 6) is -3.09. The van der Waals surface area contributed by atoms with Gasteiger partial charge in [-0.05, 0) is 0 Å². The number of carbonyl (C=O) groups is 2. The molecule has 0 bridgehead atoms. The van der Waals surface area contributed by atoms with Crippen LogP contribution in [0.5, 0.6) is 0 Å². The normalized spacial score (nSPS) is 10.2. The van der Waals surface area contributed by atoms with Crippen LogP contribution in [0.3, 0.4) is 0 Å². The van der Waals surface area contributed by atoms with E-state index in [1.165, 1.54) is 0 Å². The molecule has 0 aromatic carbocycles. The van der Waals surface area contributed by atoms with Crippen LogP contribution in [0.25, 0.3) is 0 Å². The molecule has 0 radical (unpaired) electrons. The first-order valence-corrected chi connectivity index (χ1v) is 3.02. The number of hydrogen-bond acceptors (Lipinski definition) is 9. The maximum absolute atomic E-state index is 9.56. The van der Waals surface area contributed by atoms with E-state index in [0.29, 0.717) is 0 Å². The number of rotatable bonds is 2. The fourth-order valence-electron chi connectivity index (χ4n) is 0. The van der Waals surface area contributed by atoms with Crippen LogP contribution >= 0.6 is 0 Å². The molecular weight excluding hydrogens is 262 g/mol. The van der Waals surface area contributed by atoms with E-state index in [0.717, 1.165) is 13.8 Å². The Labute approximate surface area is 107 Å². The van der Waals surface area contributed by atoms with E-state index in [4.69, 9.17) is 0 Å². The van der Waals surface area contributed by atoms with E-state index in [-0.39, 0.29) is 38.8 Å². The number of carbonyl (C=O) groups excluding carboxylic acids is 2. The van der Waals surface area contributed by atoms with Crippen molar-refractivity contribution in [1.82, 2.24) is 6.15 Å². The number of carboxylic acid groups (broad SMARTS) is 2. The van der Waals surface area contributed by atoms with Crippen molar-refractivity contribution in [2.24, 2.45) is 0 Å². The Balaban J connectivity index is -0.0000000250. The van der Waals surface area contributed by atoms with Gasteiger partial charge in [0.05, 0.1) is 0 Å². The Morgan fingerprint density at radius 1 is 0.875 bits per heavy atom. The van der Waals surface area contributed by atoms with E-state index in [1.54, 1.807) is 0 Å². The van der Waals surface area contributed by atoms with Crippen molar-refractivity contribution in [2.45, 2.75) is 26.1 Å². The molecule has 9 nitrogen and oxygen atoms in total. The van der Waals surface area contributed by atoms with Crippen molar-refractivity contribution in [3.05, 3.63) is 0 Å². The molecule has 100 valence electrons. The molecule has 10 heteroatoms. The summed E-state index contributed by atoms with van der Waals surface area (Å²) in [4.78, 5) is 18.6. The third-order valence-corrected chi connectivity index (χ3v) is 0.664. The quantitative estimate of drug-likeness (QED) is 0.474. The molecule has 0 aromatic heterocycles. The largest absolute Gasteiger partial charge is 0.870 e. The number of aliphatic carboxylic acids is 2. The van der Waals surface area contributed by atoms with Gasteiger partial charge in [-0.25, -0.2) is 0 Å². The average molecular weight is 275 g/mol. The fourth-order valence-corrected chi connectivity index (χ4v) is 0. The molecule has 0 aromatic rings. The van der Waals surface area contributed by atoms with Crippen LogP contribution < -0.4 is 26.6 Å². The molecule has 2 atom stereocenters. The van der Waals surface area contributed by atoms with Crippen molar-refractivity contribution in [2.75, 3.05) is 0 Å². The molecule has 0 saturated carbocycles. The number of hydrogen-bond donors (Lipinski definition) is 1. The Hall–Kier alpha value is -0.546. The SMILES string of the molecule is CC([O-])C(=O)[O-].CC([O-])C(=O)[O-].N.[OH-].[OH-].[Ti]. The Morgan fingerprint density at radius 2 is 0.938 bits per heavy atom. The summed E-state index contributed by atoms with van der Waals surface area (Å²) in [5, 5.41) is 37.7. The zero-order valence-electron chi connectivity index (χ0n) is 8.71. The summed E-state index contributed by atoms with van der Waals surface area (Å²) < 4.78 is 0. The topological polar surface area (TPSA) is 221 Å². The van der Waals surface area contributed by atoms with Crippen molar-refractivity contribution in [3.63, 3.8) is 0 Å². The number of carboxylic acids is 2. The van der Waals surface area contributed by atoms with Gasteiger partial charge in [-0.2, -0.15) is 0 Å². The van der Waals surface area contributed by atoms with Gasteiger partial charge in [-0.3, -0.25) is 0 Å². The van der Waals surface area contributed by atoms with Crippen LogP contribution in [0.1, 0.15) is 13.8 Å². The molecule has 5 N–H and O–H groups in total. The third kappa shape index (κ3) is 37.6. The van der Waals surface area contributed by atoms with Crippen LogP contribution in [0.4, 0.5) is 0 Å². The van der Waals surface area contributed by atoms with Crippen molar-refractivity contribution in [1.29, 1.82) is 0 Å². The van der Waals surface area contributed by atoms with E-state index in [9.17, 15) is 30.0 Å². The minimum atomic E-state index is -1.59. The van der Waals surface area contributed by atoms with Crippen LogP contribution in [-0.4, -0.2) is 35.1 Å². The van der Waals surface area contributed by atoms with E-state index in [1.807, 2.05) is 0 Å². The maximum Gasteiger partial charge on any atom is 0.0276 e. The van der Waals surface area contributed by atoms with Gasteiger partial charge in [-0.1, -0.05) is 26.1 Å². The second-order valence-electron chi connectivity index (χ2n) is 1.92. The summed E-state index contributed by atoms with van der Waals surface area (Å²) in [5.41, 5.74) is 0. The van der Waals surface area contributed by atoms with E-state index in [2.05, 4.69) is 0 Å². The molecule has 0 aliphatic heterocycles. The van der Waals surface area contributed by atoms with Gasteiger partial charge in [0.25, 0.3) is 0 Å². The first kappa shape index (κ1) is 36.1. The maximum atomic E-state index is 9.56. The standard InChI is InChI=1S/2C3H5O3.H3N.2H2O.Ti/c2*1-2(4)3(5)6;;;;/h2*2H,1H3,(H,5,6);1H3;2*1H2;/q2*-1;;;;/p-4. The molecule has 0 rings (SSSR count). The molecule has 0 aliphatic rings. The third-order valence-electron chi connectivity index (χ3n) is 0.664. The minimum absolute atomic E-state index is 0. The molecule has 0 heterocycles. The summed E-state index contributed by atoms with van der Waals surface area (Å²) in [7, 11) is 0. The Bertz CT molecular complexity index is 145. The van der Waals surface area contributed by atoms with Gasteiger partial charge in [0.1, 0.15) is 0 Å². The Kier molecular flexibility index (Phi) is 45.0. The molecule has 0 aliphatic carbocycles. The van der Waals surface area contributed by atoms with Gasteiger partial charge in [0.15, 0.2) is 0 Å². The molecule has 0 saturated heterocycles. The zero-order valence-corrected chi connectivity index (χ0v) is 10.3. The van der Waals surface area contributed by atoms with Crippen molar-refractivity contribution in [3.8, 4) is 0 Å². The van der Waals surface area contributed by atoms with Gasteiger partial charge in [0.2, 0.25) is 0 Å². The van der Waals surface area contributed by atoms with Gasteiger partial charge < -0.3 is 47.1 Å². The molecule has 0 amide bonds. The molecule has 0 spiro atoms. The second kappa shape index (κ2) is 19.9. The summed E-state index contributed by atoms with van der Waals surface area (Å²) in [6, 6.07) is 0. The summed E-state index contributed by atoms with van der Waals surface area (Å²) >= 11 is 0. The van der Waals surface area contributed by atoms with Gasteiger partial charge in [0, 0.05) is 33.7 Å².